The highest BCUT2D eigenvalue weighted by Crippen LogP contribution is 2.33. The Labute approximate surface area is 166 Å². The molecule has 0 spiro atoms. The van der Waals surface area contributed by atoms with Gasteiger partial charge < -0.3 is 0 Å². The molecule has 0 atom stereocenters. The van der Waals surface area contributed by atoms with E-state index in [2.05, 4.69) is 51.0 Å². The van der Waals surface area contributed by atoms with E-state index in [9.17, 15) is 0 Å². The summed E-state index contributed by atoms with van der Waals surface area (Å²) in [4.78, 5) is 4.63. The van der Waals surface area contributed by atoms with E-state index in [0.29, 0.717) is 6.04 Å². The minimum atomic E-state index is 0.573. The first-order valence-electron chi connectivity index (χ1n) is 9.19. The monoisotopic (exact) mass is 387 g/mol. The number of hydrogen-bond acceptors (Lipinski definition) is 3. The molecule has 0 radical (unpaired) electrons. The molecule has 0 aliphatic heterocycles. The normalized spacial score (nSPS) is 15.3. The van der Waals surface area contributed by atoms with Crippen molar-refractivity contribution >= 4 is 41.4 Å². The zero-order valence-corrected chi connectivity index (χ0v) is 17.0. The molecule has 3 nitrogen and oxygen atoms in total. The zero-order valence-electron chi connectivity index (χ0n) is 15.4. The smallest absolute Gasteiger partial charge is 0.102 e. The van der Waals surface area contributed by atoms with Gasteiger partial charge in [-0.1, -0.05) is 49.1 Å². The van der Waals surface area contributed by atoms with Gasteiger partial charge in [-0.25, -0.2) is 4.99 Å². The Morgan fingerprint density at radius 2 is 1.81 bits per heavy atom. The van der Waals surface area contributed by atoms with E-state index < -0.39 is 0 Å². The Balaban J connectivity index is 1.72. The summed E-state index contributed by atoms with van der Waals surface area (Å²) >= 11 is 7.75. The molecule has 138 valence electrons. The predicted molar refractivity (Wildman–Crippen MR) is 115 cm³/mol. The molecule has 2 aromatic carbocycles. The largest absolute Gasteiger partial charge is 0.296 e. The van der Waals surface area contributed by atoms with E-state index in [1.165, 1.54) is 37.8 Å². The van der Waals surface area contributed by atoms with Gasteiger partial charge in [0, 0.05) is 23.8 Å². The van der Waals surface area contributed by atoms with E-state index in [1.54, 1.807) is 12.1 Å². The first-order valence-corrected chi connectivity index (χ1v) is 10.3. The molecule has 0 N–H and O–H groups in total. The number of nitrogens with zero attached hydrogens (tertiary/aromatic N) is 3. The summed E-state index contributed by atoms with van der Waals surface area (Å²) in [5.41, 5.74) is 3.29. The number of benzene rings is 2. The Bertz CT molecular complexity index is 729. The molecule has 0 bridgehead atoms. The van der Waals surface area contributed by atoms with Gasteiger partial charge in [-0.3, -0.25) is 8.61 Å². The van der Waals surface area contributed by atoms with Gasteiger partial charge in [0.2, 0.25) is 0 Å². The SMILES string of the molecule is Cc1cc(Cl)ccc1N=CN(C)SN(c1ccccc1)C1CCCCC1. The van der Waals surface area contributed by atoms with Crippen molar-refractivity contribution in [3.05, 3.63) is 59.1 Å². The van der Waals surface area contributed by atoms with E-state index in [4.69, 9.17) is 11.6 Å². The minimum Gasteiger partial charge on any atom is -0.296 e. The first-order chi connectivity index (χ1) is 12.6. The quantitative estimate of drug-likeness (QED) is 0.314. The summed E-state index contributed by atoms with van der Waals surface area (Å²) in [7, 11) is 2.05. The molecule has 1 aliphatic rings. The third-order valence-electron chi connectivity index (χ3n) is 4.65. The van der Waals surface area contributed by atoms with Crippen LogP contribution in [0.1, 0.15) is 37.7 Å². The van der Waals surface area contributed by atoms with Crippen molar-refractivity contribution in [1.29, 1.82) is 0 Å². The maximum atomic E-state index is 6.03. The lowest BCUT2D eigenvalue weighted by molar-refractivity contribution is 0.445. The highest BCUT2D eigenvalue weighted by Gasteiger charge is 2.23. The molecule has 1 saturated carbocycles. The van der Waals surface area contributed by atoms with Crippen LogP contribution in [0.2, 0.25) is 5.02 Å². The molecule has 1 fully saturated rings. The molecule has 2 aromatic rings. The van der Waals surface area contributed by atoms with Crippen molar-refractivity contribution in [1.82, 2.24) is 4.31 Å². The highest BCUT2D eigenvalue weighted by molar-refractivity contribution is 7.98. The summed E-state index contributed by atoms with van der Waals surface area (Å²) in [5.74, 6) is 0. The average molecular weight is 388 g/mol. The Kier molecular flexibility index (Phi) is 6.86. The molecule has 0 heterocycles. The lowest BCUT2D eigenvalue weighted by Crippen LogP contribution is -2.34. The van der Waals surface area contributed by atoms with Crippen LogP contribution in [0.25, 0.3) is 0 Å². The number of rotatable bonds is 6. The van der Waals surface area contributed by atoms with Gasteiger partial charge in [0.05, 0.1) is 17.8 Å². The molecule has 5 heteroatoms. The van der Waals surface area contributed by atoms with Gasteiger partial charge in [0.15, 0.2) is 0 Å². The second-order valence-corrected chi connectivity index (χ2v) is 8.33. The number of aliphatic imine (C=N–C) groups is 1. The number of aryl methyl sites for hydroxylation is 1. The summed E-state index contributed by atoms with van der Waals surface area (Å²) in [6.07, 6.45) is 8.38. The van der Waals surface area contributed by atoms with Crippen LogP contribution in [0.15, 0.2) is 53.5 Å². The van der Waals surface area contributed by atoms with Crippen LogP contribution < -0.4 is 4.31 Å². The summed E-state index contributed by atoms with van der Waals surface area (Å²) in [6, 6.07) is 17.0. The van der Waals surface area contributed by atoms with Crippen molar-refractivity contribution in [2.75, 3.05) is 11.4 Å². The van der Waals surface area contributed by atoms with E-state index in [-0.39, 0.29) is 0 Å². The second-order valence-electron chi connectivity index (χ2n) is 6.76. The number of halogens is 1. The molecule has 0 saturated heterocycles. The van der Waals surface area contributed by atoms with E-state index in [1.807, 2.05) is 31.5 Å². The summed E-state index contributed by atoms with van der Waals surface area (Å²) in [5, 5.41) is 0.747. The fraction of sp³-hybridized carbons (Fsp3) is 0.381. The number of para-hydroxylation sites is 1. The predicted octanol–water partition coefficient (Wildman–Crippen LogP) is 6.64. The average Bonchev–Trinajstić information content (AvgIpc) is 2.67. The maximum absolute atomic E-state index is 6.03. The third kappa shape index (κ3) is 5.18. The van der Waals surface area contributed by atoms with Crippen LogP contribution in [0.5, 0.6) is 0 Å². The van der Waals surface area contributed by atoms with Gasteiger partial charge in [-0.05, 0) is 55.7 Å². The zero-order chi connectivity index (χ0) is 18.4. The van der Waals surface area contributed by atoms with Crippen molar-refractivity contribution in [3.8, 4) is 0 Å². The lowest BCUT2D eigenvalue weighted by atomic mass is 9.95. The summed E-state index contributed by atoms with van der Waals surface area (Å²) in [6.45, 7) is 2.03. The Morgan fingerprint density at radius 1 is 1.08 bits per heavy atom. The number of anilines is 1. The van der Waals surface area contributed by atoms with Gasteiger partial charge >= 0.3 is 0 Å². The van der Waals surface area contributed by atoms with Crippen molar-refractivity contribution in [2.24, 2.45) is 4.99 Å². The molecule has 26 heavy (non-hydrogen) atoms. The molecule has 1 aliphatic carbocycles. The lowest BCUT2D eigenvalue weighted by Gasteiger charge is -2.36. The van der Waals surface area contributed by atoms with Crippen molar-refractivity contribution in [2.45, 2.75) is 45.1 Å². The molecular weight excluding hydrogens is 362 g/mol. The molecule has 0 aromatic heterocycles. The number of hydrogen-bond donors (Lipinski definition) is 0. The fourth-order valence-electron chi connectivity index (χ4n) is 3.28. The third-order valence-corrected chi connectivity index (χ3v) is 5.92. The van der Waals surface area contributed by atoms with Crippen LogP contribution in [-0.4, -0.2) is 23.7 Å². The highest BCUT2D eigenvalue weighted by atomic mass is 35.5. The van der Waals surface area contributed by atoms with Gasteiger partial charge in [-0.2, -0.15) is 0 Å². The molecule has 0 amide bonds. The van der Waals surface area contributed by atoms with Crippen LogP contribution in [0.4, 0.5) is 11.4 Å². The van der Waals surface area contributed by atoms with Crippen LogP contribution >= 0.6 is 23.7 Å². The van der Waals surface area contributed by atoms with Crippen molar-refractivity contribution < 1.29 is 0 Å². The molecular formula is C21H26ClN3S. The second kappa shape index (κ2) is 9.33. The maximum Gasteiger partial charge on any atom is 0.102 e. The topological polar surface area (TPSA) is 18.8 Å². The van der Waals surface area contributed by atoms with E-state index >= 15 is 0 Å². The van der Waals surface area contributed by atoms with Gasteiger partial charge in [0.1, 0.15) is 6.34 Å². The van der Waals surface area contributed by atoms with Crippen LogP contribution in [0, 0.1) is 6.92 Å². The van der Waals surface area contributed by atoms with Gasteiger partial charge in [-0.15, -0.1) is 0 Å². The van der Waals surface area contributed by atoms with Crippen LogP contribution in [0.3, 0.4) is 0 Å². The first kappa shape index (κ1) is 19.1. The van der Waals surface area contributed by atoms with Crippen LogP contribution in [-0.2, 0) is 0 Å². The fourth-order valence-corrected chi connectivity index (χ4v) is 4.44. The molecule has 3 rings (SSSR count). The van der Waals surface area contributed by atoms with Gasteiger partial charge in [0.25, 0.3) is 0 Å². The molecule has 0 unspecified atom stereocenters. The van der Waals surface area contributed by atoms with Crippen molar-refractivity contribution in [3.63, 3.8) is 0 Å². The Hall–Kier alpha value is -1.65. The Morgan fingerprint density at radius 3 is 2.50 bits per heavy atom. The summed E-state index contributed by atoms with van der Waals surface area (Å²) < 4.78 is 4.52. The minimum absolute atomic E-state index is 0.573. The van der Waals surface area contributed by atoms with E-state index in [0.717, 1.165) is 16.3 Å². The standard InChI is InChI=1S/C21H26ClN3S/c1-17-15-18(22)13-14-21(17)23-16-24(2)26-25(19-9-5-3-6-10-19)20-11-7-4-8-12-20/h3,5-6,9-10,13-16,20H,4,7-8,11-12H2,1-2H3.